The highest BCUT2D eigenvalue weighted by Crippen LogP contribution is 2.17. The molecule has 0 aliphatic carbocycles. The summed E-state index contributed by atoms with van der Waals surface area (Å²) in [5, 5.41) is 15.0. The minimum Gasteiger partial charge on any atom is -0.508 e. The summed E-state index contributed by atoms with van der Waals surface area (Å²) in [6.45, 7) is 1.58. The lowest BCUT2D eigenvalue weighted by Crippen LogP contribution is -2.55. The average Bonchev–Trinajstić information content (AvgIpc) is 3.03. The van der Waals surface area contributed by atoms with Gasteiger partial charge in [0.05, 0.1) is 19.7 Å². The lowest BCUT2D eigenvalue weighted by molar-refractivity contribution is -0.141. The van der Waals surface area contributed by atoms with Gasteiger partial charge < -0.3 is 36.8 Å². The topological polar surface area (TPSA) is 194 Å². The van der Waals surface area contributed by atoms with Crippen molar-refractivity contribution in [2.75, 3.05) is 32.2 Å². The number of phenolic OH excluding ortho intramolecular Hbond substituents is 1. The monoisotopic (exact) mass is 657 g/mol. The quantitative estimate of drug-likeness (QED) is 0.104. The molecule has 0 heterocycles. The fraction of sp³-hybridized carbons (Fsp3) is 0.485. The van der Waals surface area contributed by atoms with Crippen LogP contribution >= 0.6 is 11.8 Å². The van der Waals surface area contributed by atoms with Gasteiger partial charge in [0.25, 0.3) is 0 Å². The molecule has 0 unspecified atom stereocenters. The zero-order valence-electron chi connectivity index (χ0n) is 26.8. The van der Waals surface area contributed by atoms with Gasteiger partial charge in [-0.1, -0.05) is 42.8 Å². The SMILES string of the molecule is COC(=O)CCCCCN(C(=O)CNC(=O)[C@@H](CCSC)NC(=O)[C@H](N)Cc1ccc(O)cc1C)[C@@H](Cc1ccccc1)C(N)=O. The number of carbonyl (C=O) groups is 5. The molecule has 0 aliphatic heterocycles. The number of rotatable bonds is 20. The number of nitrogens with two attached hydrogens (primary N) is 2. The van der Waals surface area contributed by atoms with Crippen molar-refractivity contribution in [2.24, 2.45) is 11.5 Å². The number of aromatic hydroxyl groups is 1. The number of methoxy groups -OCH3 is 1. The van der Waals surface area contributed by atoms with Gasteiger partial charge in [-0.25, -0.2) is 0 Å². The summed E-state index contributed by atoms with van der Waals surface area (Å²) in [4.78, 5) is 65.2. The molecule has 2 aromatic carbocycles. The molecule has 252 valence electrons. The first kappa shape index (κ1) is 38.1. The number of amides is 4. The first-order valence-corrected chi connectivity index (χ1v) is 16.7. The van der Waals surface area contributed by atoms with E-state index in [1.807, 2.05) is 36.6 Å². The van der Waals surface area contributed by atoms with Crippen LogP contribution in [0.1, 0.15) is 48.8 Å². The van der Waals surface area contributed by atoms with Crippen molar-refractivity contribution < 1.29 is 33.8 Å². The number of primary amides is 1. The smallest absolute Gasteiger partial charge is 0.305 e. The zero-order valence-corrected chi connectivity index (χ0v) is 27.6. The lowest BCUT2D eigenvalue weighted by Gasteiger charge is -2.30. The van der Waals surface area contributed by atoms with Crippen LogP contribution in [0, 0.1) is 6.92 Å². The molecule has 4 amide bonds. The Morgan fingerprint density at radius 1 is 1.00 bits per heavy atom. The molecule has 2 aromatic rings. The van der Waals surface area contributed by atoms with Crippen molar-refractivity contribution in [1.29, 1.82) is 0 Å². The summed E-state index contributed by atoms with van der Waals surface area (Å²) in [6, 6.07) is 11.1. The molecule has 12 nitrogen and oxygen atoms in total. The van der Waals surface area contributed by atoms with E-state index in [1.165, 1.54) is 29.8 Å². The van der Waals surface area contributed by atoms with Gasteiger partial charge in [0.1, 0.15) is 17.8 Å². The molecule has 7 N–H and O–H groups in total. The molecule has 0 aliphatic rings. The Hall–Kier alpha value is -4.10. The Kier molecular flexibility index (Phi) is 16.7. The second-order valence-electron chi connectivity index (χ2n) is 11.1. The van der Waals surface area contributed by atoms with Gasteiger partial charge in [-0.2, -0.15) is 11.8 Å². The van der Waals surface area contributed by atoms with E-state index in [0.29, 0.717) is 31.4 Å². The van der Waals surface area contributed by atoms with Gasteiger partial charge in [-0.3, -0.25) is 24.0 Å². The molecule has 0 aromatic heterocycles. The molecule has 0 spiro atoms. The number of esters is 1. The van der Waals surface area contributed by atoms with Crippen molar-refractivity contribution in [3.8, 4) is 5.75 Å². The van der Waals surface area contributed by atoms with Gasteiger partial charge in [0, 0.05) is 19.4 Å². The number of carbonyl (C=O) groups excluding carboxylic acids is 5. The second-order valence-corrected chi connectivity index (χ2v) is 12.0. The third-order valence-corrected chi connectivity index (χ3v) is 8.21. The third kappa shape index (κ3) is 13.1. The summed E-state index contributed by atoms with van der Waals surface area (Å²) in [7, 11) is 1.32. The molecule has 0 radical (unpaired) electrons. The van der Waals surface area contributed by atoms with Crippen LogP contribution < -0.4 is 22.1 Å². The van der Waals surface area contributed by atoms with Gasteiger partial charge in [0.2, 0.25) is 23.6 Å². The van der Waals surface area contributed by atoms with Crippen molar-refractivity contribution in [1.82, 2.24) is 15.5 Å². The van der Waals surface area contributed by atoms with Crippen molar-refractivity contribution in [3.63, 3.8) is 0 Å². The van der Waals surface area contributed by atoms with E-state index in [9.17, 15) is 29.1 Å². The Balaban J connectivity index is 2.11. The highest BCUT2D eigenvalue weighted by Gasteiger charge is 2.30. The molecule has 46 heavy (non-hydrogen) atoms. The van der Waals surface area contributed by atoms with E-state index in [0.717, 1.165) is 16.7 Å². The Morgan fingerprint density at radius 3 is 2.35 bits per heavy atom. The molecule has 2 rings (SSSR count). The van der Waals surface area contributed by atoms with Crippen molar-refractivity contribution in [2.45, 2.75) is 70.0 Å². The molecular formula is C33H47N5O7S. The first-order chi connectivity index (χ1) is 22.0. The third-order valence-electron chi connectivity index (χ3n) is 7.56. The number of hydrogen-bond acceptors (Lipinski definition) is 9. The van der Waals surface area contributed by atoms with Gasteiger partial charge in [-0.05, 0) is 73.4 Å². The maximum absolute atomic E-state index is 13.5. The van der Waals surface area contributed by atoms with Crippen LogP contribution in [-0.4, -0.2) is 89.9 Å². The first-order valence-electron chi connectivity index (χ1n) is 15.3. The standard InChI is InChI=1S/C33H47N5O7S/c1-22-18-25(39)14-13-24(22)20-26(34)32(43)37-27(15-17-46-3)33(44)36-21-29(40)38(16-9-5-8-12-30(41)45-2)28(31(35)42)19-23-10-6-4-7-11-23/h4,6-7,10-11,13-14,18,26-28,39H,5,8-9,12,15-17,19-21,34H2,1-3H3,(H2,35,42)(H,36,44)(H,37,43)/t26-,27-,28+/m1/s1. The highest BCUT2D eigenvalue weighted by molar-refractivity contribution is 7.98. The van der Waals surface area contributed by atoms with Crippen LogP contribution in [0.3, 0.4) is 0 Å². The number of phenols is 1. The number of benzene rings is 2. The Bertz CT molecular complexity index is 1310. The molecule has 13 heteroatoms. The Morgan fingerprint density at radius 2 is 1.72 bits per heavy atom. The maximum Gasteiger partial charge on any atom is 0.305 e. The predicted molar refractivity (Wildman–Crippen MR) is 178 cm³/mol. The van der Waals surface area contributed by atoms with E-state index < -0.39 is 48.3 Å². The molecule has 0 bridgehead atoms. The fourth-order valence-electron chi connectivity index (χ4n) is 4.90. The van der Waals surface area contributed by atoms with Gasteiger partial charge >= 0.3 is 5.97 Å². The average molecular weight is 658 g/mol. The van der Waals surface area contributed by atoms with Gasteiger partial charge in [0.15, 0.2) is 0 Å². The molecule has 0 saturated heterocycles. The normalized spacial score (nSPS) is 12.8. The summed E-state index contributed by atoms with van der Waals surface area (Å²) >= 11 is 1.50. The minimum atomic E-state index is -0.958. The zero-order chi connectivity index (χ0) is 34.1. The summed E-state index contributed by atoms with van der Waals surface area (Å²) < 4.78 is 4.67. The van der Waals surface area contributed by atoms with E-state index in [1.54, 1.807) is 19.1 Å². The number of hydrogen-bond donors (Lipinski definition) is 5. The molecule has 3 atom stereocenters. The number of thioether (sulfide) groups is 1. The van der Waals surface area contributed by atoms with E-state index >= 15 is 0 Å². The summed E-state index contributed by atoms with van der Waals surface area (Å²) in [5.41, 5.74) is 14.3. The van der Waals surface area contributed by atoms with E-state index in [2.05, 4.69) is 15.4 Å². The highest BCUT2D eigenvalue weighted by atomic mass is 32.2. The van der Waals surface area contributed by atoms with Crippen LogP contribution in [0.5, 0.6) is 5.75 Å². The van der Waals surface area contributed by atoms with Gasteiger partial charge in [-0.15, -0.1) is 0 Å². The number of ether oxygens (including phenoxy) is 1. The fourth-order valence-corrected chi connectivity index (χ4v) is 5.37. The van der Waals surface area contributed by atoms with E-state index in [4.69, 9.17) is 11.5 Å². The van der Waals surface area contributed by atoms with Crippen molar-refractivity contribution >= 4 is 41.4 Å². The second kappa shape index (κ2) is 20.1. The number of unbranched alkanes of at least 4 members (excludes halogenated alkanes) is 2. The number of aryl methyl sites for hydroxylation is 1. The predicted octanol–water partition coefficient (Wildman–Crippen LogP) is 1.58. The van der Waals surface area contributed by atoms with Crippen LogP contribution in [0.2, 0.25) is 0 Å². The number of nitrogens with zero attached hydrogens (tertiary/aromatic N) is 1. The molecular weight excluding hydrogens is 610 g/mol. The van der Waals surface area contributed by atoms with Crippen LogP contribution in [0.4, 0.5) is 0 Å². The van der Waals surface area contributed by atoms with Crippen molar-refractivity contribution in [3.05, 3.63) is 65.2 Å². The number of nitrogens with one attached hydrogen (secondary N) is 2. The maximum atomic E-state index is 13.5. The van der Waals surface area contributed by atoms with Crippen LogP contribution in [0.15, 0.2) is 48.5 Å². The summed E-state index contributed by atoms with van der Waals surface area (Å²) in [6.07, 6.45) is 4.48. The van der Waals surface area contributed by atoms with Crippen LogP contribution in [0.25, 0.3) is 0 Å². The molecule has 0 saturated carbocycles. The molecule has 0 fully saturated rings. The summed E-state index contributed by atoms with van der Waals surface area (Å²) in [5.74, 6) is -1.91. The largest absolute Gasteiger partial charge is 0.508 e. The van der Waals surface area contributed by atoms with E-state index in [-0.39, 0.29) is 37.5 Å². The Labute approximate surface area is 275 Å². The minimum absolute atomic E-state index is 0.113. The van der Waals surface area contributed by atoms with Crippen LogP contribution in [-0.2, 0) is 41.6 Å². The lowest BCUT2D eigenvalue weighted by atomic mass is 10.0.